The number of carbonyl (C=O) groups excluding carboxylic acids is 5. The van der Waals surface area contributed by atoms with E-state index >= 15 is 0 Å². The summed E-state index contributed by atoms with van der Waals surface area (Å²) in [6, 6.07) is 19.3. The zero-order valence-corrected chi connectivity index (χ0v) is 42.9. The summed E-state index contributed by atoms with van der Waals surface area (Å²) in [5.41, 5.74) is 38.5. The van der Waals surface area contributed by atoms with Gasteiger partial charge >= 0.3 is 0 Å². The summed E-state index contributed by atoms with van der Waals surface area (Å²) in [6.45, 7) is 1.86. The van der Waals surface area contributed by atoms with Gasteiger partial charge in [0.15, 0.2) is 0 Å². The Bertz CT molecular complexity index is 2440. The molecule has 19 heteroatoms. The first-order valence-corrected chi connectivity index (χ1v) is 25.1. The lowest BCUT2D eigenvalue weighted by Crippen LogP contribution is -2.35. The molecule has 73 heavy (non-hydrogen) atoms. The topological polar surface area (TPSA) is 327 Å². The Kier molecular flexibility index (Phi) is 24.9. The number of rotatable bonds is 33. The monoisotopic (exact) mass is 1010 g/mol. The number of benzene rings is 4. The van der Waals surface area contributed by atoms with Crippen LogP contribution in [0.3, 0.4) is 0 Å². The quantitative estimate of drug-likeness (QED) is 0.0239. The van der Waals surface area contributed by atoms with Crippen molar-refractivity contribution in [3.63, 3.8) is 0 Å². The van der Waals surface area contributed by atoms with Crippen molar-refractivity contribution in [3.8, 4) is 23.0 Å². The average molecular weight is 1010 g/mol. The first kappa shape index (κ1) is 58.8. The molecule has 0 aliphatic heterocycles. The van der Waals surface area contributed by atoms with Crippen molar-refractivity contribution in [2.24, 2.45) is 34.4 Å². The highest BCUT2D eigenvalue weighted by Gasteiger charge is 2.30. The summed E-state index contributed by atoms with van der Waals surface area (Å²) in [4.78, 5) is 68.7. The lowest BCUT2D eigenvalue weighted by Gasteiger charge is -2.24. The van der Waals surface area contributed by atoms with E-state index in [-0.39, 0.29) is 34.9 Å². The van der Waals surface area contributed by atoms with Gasteiger partial charge in [0, 0.05) is 39.4 Å². The molecule has 0 radical (unpaired) electrons. The number of nitrogens with two attached hydrogens (primary N) is 6. The summed E-state index contributed by atoms with van der Waals surface area (Å²) in [5.74, 6) is -2.84. The minimum atomic E-state index is -0.783. The number of unbranched alkanes of at least 4 members (excludes halogenated alkanes) is 5. The highest BCUT2D eigenvalue weighted by molar-refractivity contribution is 6.02. The molecule has 0 bridgehead atoms. The molecule has 0 aliphatic carbocycles. The maximum Gasteiger partial charge on any atom is 0.252 e. The van der Waals surface area contributed by atoms with Gasteiger partial charge in [-0.05, 0) is 150 Å². The highest BCUT2D eigenvalue weighted by Crippen LogP contribution is 2.39. The van der Waals surface area contributed by atoms with Crippen molar-refractivity contribution >= 4 is 52.3 Å². The van der Waals surface area contributed by atoms with Crippen LogP contribution in [-0.4, -0.2) is 90.2 Å². The molecule has 0 saturated heterocycles. The van der Waals surface area contributed by atoms with Crippen LogP contribution in [0.25, 0.3) is 0 Å². The van der Waals surface area contributed by atoms with E-state index in [2.05, 4.69) is 21.3 Å². The molecule has 0 spiro atoms. The minimum Gasteiger partial charge on any atom is -0.496 e. The van der Waals surface area contributed by atoms with Crippen LogP contribution < -0.4 is 74.6 Å². The van der Waals surface area contributed by atoms with Gasteiger partial charge in [-0.15, -0.1) is 0 Å². The molecule has 0 aromatic heterocycles. The molecule has 0 unspecified atom stereocenters. The second-order valence-corrected chi connectivity index (χ2v) is 17.9. The molecule has 4 aromatic carbocycles. The van der Waals surface area contributed by atoms with Crippen molar-refractivity contribution in [1.82, 2.24) is 0 Å². The van der Waals surface area contributed by atoms with E-state index in [4.69, 9.17) is 53.3 Å². The van der Waals surface area contributed by atoms with Crippen LogP contribution in [0.4, 0.5) is 22.7 Å². The molecule has 0 aliphatic rings. The highest BCUT2D eigenvalue weighted by atomic mass is 16.5. The fraction of sp³-hybridized carbons (Fsp3) is 0.463. The van der Waals surface area contributed by atoms with Crippen LogP contribution in [0, 0.1) is 0 Å². The van der Waals surface area contributed by atoms with E-state index < -0.39 is 29.7 Å². The van der Waals surface area contributed by atoms with Crippen molar-refractivity contribution < 1.29 is 42.9 Å². The third kappa shape index (κ3) is 17.5. The maximum atomic E-state index is 14.7. The van der Waals surface area contributed by atoms with Gasteiger partial charge in [0.05, 0.1) is 57.8 Å². The number of nitrogens with one attached hydrogen (secondary N) is 4. The standard InChI is InChI=1S/C54H78N10O9/c1-70-46-22-18-34(62-52(67)40(16-9-13-29-58)43-32-36(20-24-48(43)72-3)64-54(69)45(59)17-6-5-10-26-55)30-41(46)38(14-7-11-27-56)51(66)61-35-19-23-47(71-2)42(31-35)39(15-8-12-28-57)53(68)63-37-21-25-49(73-4)44(33-37)50(60)65/h18-25,30-33,38-40,45H,5-17,26-29,55-59H2,1-4H3,(H2,60,65)(H,61,66)(H,62,67)(H,63,68)(H,64,69)/t38-,39-,40-,45+/m1/s1. The van der Waals surface area contributed by atoms with Crippen LogP contribution in [0.2, 0.25) is 0 Å². The number of methoxy groups -OCH3 is 4. The molecular weight excluding hydrogens is 933 g/mol. The molecule has 4 atom stereocenters. The van der Waals surface area contributed by atoms with E-state index in [9.17, 15) is 24.0 Å². The van der Waals surface area contributed by atoms with E-state index in [1.165, 1.54) is 34.5 Å². The Balaban J connectivity index is 1.68. The van der Waals surface area contributed by atoms with Gasteiger partial charge in [-0.1, -0.05) is 32.1 Å². The molecule has 398 valence electrons. The predicted octanol–water partition coefficient (Wildman–Crippen LogP) is 6.16. The number of anilines is 4. The second-order valence-electron chi connectivity index (χ2n) is 17.9. The molecule has 4 aromatic rings. The van der Waals surface area contributed by atoms with Crippen LogP contribution in [0.5, 0.6) is 23.0 Å². The molecule has 19 nitrogen and oxygen atoms in total. The van der Waals surface area contributed by atoms with Gasteiger partial charge in [-0.25, -0.2) is 0 Å². The Morgan fingerprint density at radius 2 is 0.712 bits per heavy atom. The molecule has 0 fully saturated rings. The summed E-state index contributed by atoms with van der Waals surface area (Å²) >= 11 is 0. The fourth-order valence-corrected chi connectivity index (χ4v) is 8.73. The lowest BCUT2D eigenvalue weighted by atomic mass is 9.89. The average Bonchev–Trinajstić information content (AvgIpc) is 3.38. The van der Waals surface area contributed by atoms with Gasteiger partial charge in [-0.3, -0.25) is 24.0 Å². The number of hydrogen-bond donors (Lipinski definition) is 10. The first-order chi connectivity index (χ1) is 35.3. The maximum absolute atomic E-state index is 14.7. The third-order valence-electron chi connectivity index (χ3n) is 12.7. The zero-order chi connectivity index (χ0) is 53.3. The summed E-state index contributed by atoms with van der Waals surface area (Å²) in [7, 11) is 5.95. The van der Waals surface area contributed by atoms with E-state index in [0.29, 0.717) is 147 Å². The van der Waals surface area contributed by atoms with Gasteiger partial charge in [-0.2, -0.15) is 0 Å². The van der Waals surface area contributed by atoms with Gasteiger partial charge in [0.25, 0.3) is 5.91 Å². The zero-order valence-electron chi connectivity index (χ0n) is 42.9. The Morgan fingerprint density at radius 1 is 0.411 bits per heavy atom. The molecular formula is C54H78N10O9. The summed E-state index contributed by atoms with van der Waals surface area (Å²) < 4.78 is 22.6. The number of hydrogen-bond acceptors (Lipinski definition) is 14. The van der Waals surface area contributed by atoms with Crippen LogP contribution in [0.15, 0.2) is 72.8 Å². The number of primary amides is 1. The molecule has 0 saturated carbocycles. The number of amides is 5. The number of carbonyl (C=O) groups is 5. The third-order valence-corrected chi connectivity index (χ3v) is 12.7. The smallest absolute Gasteiger partial charge is 0.252 e. The van der Waals surface area contributed by atoms with E-state index in [0.717, 1.165) is 19.3 Å². The largest absolute Gasteiger partial charge is 0.496 e. The molecule has 4 rings (SSSR count). The molecule has 0 heterocycles. The second kappa shape index (κ2) is 31.0. The van der Waals surface area contributed by atoms with Gasteiger partial charge in [0.2, 0.25) is 23.6 Å². The van der Waals surface area contributed by atoms with Gasteiger partial charge in [0.1, 0.15) is 23.0 Å². The molecule has 16 N–H and O–H groups in total. The van der Waals surface area contributed by atoms with Crippen molar-refractivity contribution in [1.29, 1.82) is 0 Å². The Labute approximate surface area is 429 Å². The van der Waals surface area contributed by atoms with Crippen LogP contribution in [-0.2, 0) is 19.2 Å². The van der Waals surface area contributed by atoms with Crippen molar-refractivity contribution in [2.45, 2.75) is 107 Å². The van der Waals surface area contributed by atoms with E-state index in [1.807, 2.05) is 0 Å². The molecule has 5 amide bonds. The normalized spacial score (nSPS) is 12.7. The van der Waals surface area contributed by atoms with Crippen molar-refractivity contribution in [2.75, 3.05) is 75.9 Å². The Morgan fingerprint density at radius 3 is 1.04 bits per heavy atom. The predicted molar refractivity (Wildman–Crippen MR) is 287 cm³/mol. The first-order valence-electron chi connectivity index (χ1n) is 25.1. The summed E-state index contributed by atoms with van der Waals surface area (Å²) in [5, 5.41) is 12.0. The van der Waals surface area contributed by atoms with Gasteiger partial charge < -0.3 is 74.6 Å². The fourth-order valence-electron chi connectivity index (χ4n) is 8.73. The number of ether oxygens (including phenoxy) is 4. The van der Waals surface area contributed by atoms with Crippen LogP contribution >= 0.6 is 0 Å². The van der Waals surface area contributed by atoms with Crippen LogP contribution in [0.1, 0.15) is 128 Å². The summed E-state index contributed by atoms with van der Waals surface area (Å²) in [6.07, 6.45) is 8.03. The van der Waals surface area contributed by atoms with Crippen molar-refractivity contribution in [3.05, 3.63) is 95.1 Å². The minimum absolute atomic E-state index is 0.104. The SMILES string of the molecule is COc1ccc(NC(=O)[C@H](CCCCN)c2cc(NC(=O)[C@H](CCCCN)c3cc(NC(=O)[C@H](CCCCN)c4cc(NC(=O)[C@@H](N)CCCCCN)ccc4OC)ccc3OC)ccc2OC)cc1C(N)=O. The Hall–Kier alpha value is -6.77. The lowest BCUT2D eigenvalue weighted by molar-refractivity contribution is -0.118. The van der Waals surface area contributed by atoms with E-state index in [1.54, 1.807) is 66.7 Å².